The molecule has 3 rings (SSSR count). The third kappa shape index (κ3) is 5.84. The Balaban J connectivity index is 1.74. The summed E-state index contributed by atoms with van der Waals surface area (Å²) in [7, 11) is 1.52. The molecule has 7 nitrogen and oxygen atoms in total. The molecule has 0 atom stereocenters. The predicted molar refractivity (Wildman–Crippen MR) is 125 cm³/mol. The number of carbonyl (C=O) groups excluding carboxylic acids is 1. The molecule has 3 aromatic rings. The third-order valence-corrected chi connectivity index (χ3v) is 5.87. The molecule has 1 N–H and O–H groups in total. The van der Waals surface area contributed by atoms with Gasteiger partial charge < -0.3 is 9.47 Å². The normalized spacial score (nSPS) is 11.2. The number of nitriles is 1. The Labute approximate surface area is 195 Å². The molecule has 1 heterocycles. The lowest BCUT2D eigenvalue weighted by atomic mass is 10.1. The summed E-state index contributed by atoms with van der Waals surface area (Å²) in [6, 6.07) is 14.5. The minimum absolute atomic E-state index is 0.0712. The molecule has 32 heavy (non-hydrogen) atoms. The van der Waals surface area contributed by atoms with E-state index in [-0.39, 0.29) is 18.1 Å². The topological polar surface area (TPSA) is 97.1 Å². The van der Waals surface area contributed by atoms with Crippen LogP contribution in [0.1, 0.15) is 35.9 Å². The molecule has 0 spiro atoms. The van der Waals surface area contributed by atoms with Crippen molar-refractivity contribution in [3.05, 3.63) is 69.2 Å². The van der Waals surface area contributed by atoms with Crippen LogP contribution in [0.2, 0.25) is 5.02 Å². The van der Waals surface area contributed by atoms with Crippen molar-refractivity contribution in [2.24, 2.45) is 0 Å². The van der Waals surface area contributed by atoms with E-state index in [1.807, 2.05) is 38.1 Å². The number of rotatable bonds is 8. The van der Waals surface area contributed by atoms with Gasteiger partial charge in [-0.3, -0.25) is 10.1 Å². The van der Waals surface area contributed by atoms with Crippen molar-refractivity contribution in [2.45, 2.75) is 26.4 Å². The molecule has 1 amide bonds. The van der Waals surface area contributed by atoms with Gasteiger partial charge in [0.2, 0.25) is 5.13 Å². The van der Waals surface area contributed by atoms with Crippen LogP contribution < -0.4 is 14.8 Å². The van der Waals surface area contributed by atoms with Crippen molar-refractivity contribution in [3.8, 4) is 17.6 Å². The summed E-state index contributed by atoms with van der Waals surface area (Å²) < 4.78 is 11.3. The second kappa shape index (κ2) is 10.8. The van der Waals surface area contributed by atoms with Crippen LogP contribution in [-0.4, -0.2) is 23.2 Å². The van der Waals surface area contributed by atoms with E-state index in [9.17, 15) is 10.1 Å². The minimum Gasteiger partial charge on any atom is -0.493 e. The number of amides is 1. The number of halogens is 1. The fourth-order valence-electron chi connectivity index (χ4n) is 2.66. The van der Waals surface area contributed by atoms with E-state index in [4.69, 9.17) is 21.1 Å². The van der Waals surface area contributed by atoms with E-state index in [0.717, 1.165) is 10.6 Å². The van der Waals surface area contributed by atoms with E-state index < -0.39 is 5.91 Å². The summed E-state index contributed by atoms with van der Waals surface area (Å²) in [6.45, 7) is 4.25. The van der Waals surface area contributed by atoms with Gasteiger partial charge in [-0.2, -0.15) is 5.26 Å². The van der Waals surface area contributed by atoms with Crippen molar-refractivity contribution in [1.29, 1.82) is 5.26 Å². The maximum Gasteiger partial charge on any atom is 0.268 e. The highest BCUT2D eigenvalue weighted by Crippen LogP contribution is 2.30. The number of carbonyl (C=O) groups is 1. The highest BCUT2D eigenvalue weighted by atomic mass is 35.5. The fraction of sp³-hybridized carbons (Fsp3) is 0.217. The van der Waals surface area contributed by atoms with E-state index in [2.05, 4.69) is 15.5 Å². The van der Waals surface area contributed by atoms with Gasteiger partial charge in [-0.1, -0.05) is 61.1 Å². The molecular formula is C23H21ClN4O3S. The molecule has 2 aromatic carbocycles. The summed E-state index contributed by atoms with van der Waals surface area (Å²) in [5, 5.41) is 21.8. The van der Waals surface area contributed by atoms with Crippen LogP contribution >= 0.6 is 22.9 Å². The summed E-state index contributed by atoms with van der Waals surface area (Å²) in [5.41, 5.74) is 1.39. The van der Waals surface area contributed by atoms with E-state index >= 15 is 0 Å². The average Bonchev–Trinajstić information content (AvgIpc) is 3.26. The fourth-order valence-corrected chi connectivity index (χ4v) is 3.59. The molecule has 0 aliphatic carbocycles. The maximum absolute atomic E-state index is 12.5. The van der Waals surface area contributed by atoms with Crippen molar-refractivity contribution in [3.63, 3.8) is 0 Å². The van der Waals surface area contributed by atoms with Gasteiger partial charge in [-0.15, -0.1) is 10.2 Å². The largest absolute Gasteiger partial charge is 0.493 e. The maximum atomic E-state index is 12.5. The molecule has 0 aliphatic heterocycles. The molecule has 0 bridgehead atoms. The zero-order chi connectivity index (χ0) is 23.1. The van der Waals surface area contributed by atoms with Crippen LogP contribution in [0.15, 0.2) is 48.0 Å². The SMILES string of the molecule is COc1cc(/C=C(/C#N)C(=O)Nc2nnc(C(C)C)s2)ccc1OCc1ccccc1Cl. The molecule has 0 fully saturated rings. The standard InChI is InChI=1S/C23H21ClN4O3S/c1-14(2)22-27-28-23(32-22)26-21(29)17(12-25)10-15-8-9-19(20(11-15)30-3)31-13-16-6-4-5-7-18(16)24/h4-11,14H,13H2,1-3H3,(H,26,28,29)/b17-10-. The van der Waals surface area contributed by atoms with Gasteiger partial charge in [0.05, 0.1) is 7.11 Å². The van der Waals surface area contributed by atoms with Crippen LogP contribution in [0.25, 0.3) is 6.08 Å². The number of ether oxygens (including phenoxy) is 2. The lowest BCUT2D eigenvalue weighted by Gasteiger charge is -2.12. The molecule has 0 radical (unpaired) electrons. The lowest BCUT2D eigenvalue weighted by molar-refractivity contribution is -0.112. The number of aromatic nitrogens is 2. The van der Waals surface area contributed by atoms with Crippen LogP contribution in [0, 0.1) is 11.3 Å². The van der Waals surface area contributed by atoms with Crippen molar-refractivity contribution in [1.82, 2.24) is 10.2 Å². The first kappa shape index (κ1) is 23.3. The van der Waals surface area contributed by atoms with Gasteiger partial charge in [0.25, 0.3) is 5.91 Å². The van der Waals surface area contributed by atoms with Crippen LogP contribution in [-0.2, 0) is 11.4 Å². The number of hydrogen-bond acceptors (Lipinski definition) is 7. The Morgan fingerprint density at radius 1 is 1.25 bits per heavy atom. The highest BCUT2D eigenvalue weighted by molar-refractivity contribution is 7.15. The molecule has 164 valence electrons. The van der Waals surface area contributed by atoms with Crippen LogP contribution in [0.5, 0.6) is 11.5 Å². The summed E-state index contributed by atoms with van der Waals surface area (Å²) >= 11 is 7.45. The molecule has 0 saturated carbocycles. The van der Waals surface area contributed by atoms with Gasteiger partial charge in [0.15, 0.2) is 11.5 Å². The Morgan fingerprint density at radius 2 is 2.03 bits per heavy atom. The molecule has 9 heteroatoms. The number of anilines is 1. The first-order valence-corrected chi connectivity index (χ1v) is 10.9. The number of nitrogens with one attached hydrogen (secondary N) is 1. The van der Waals surface area contributed by atoms with Crippen molar-refractivity contribution >= 4 is 40.1 Å². The number of nitrogens with zero attached hydrogens (tertiary/aromatic N) is 3. The molecular weight excluding hydrogens is 448 g/mol. The molecule has 0 unspecified atom stereocenters. The Bertz CT molecular complexity index is 1180. The Morgan fingerprint density at radius 3 is 2.69 bits per heavy atom. The quantitative estimate of drug-likeness (QED) is 0.349. The highest BCUT2D eigenvalue weighted by Gasteiger charge is 2.15. The van der Waals surface area contributed by atoms with E-state index in [1.54, 1.807) is 24.3 Å². The van der Waals surface area contributed by atoms with Crippen molar-refractivity contribution in [2.75, 3.05) is 12.4 Å². The lowest BCUT2D eigenvalue weighted by Crippen LogP contribution is -2.13. The third-order valence-electron chi connectivity index (χ3n) is 4.36. The molecule has 1 aromatic heterocycles. The number of hydrogen-bond donors (Lipinski definition) is 1. The summed E-state index contributed by atoms with van der Waals surface area (Å²) in [6.07, 6.45) is 1.47. The van der Waals surface area contributed by atoms with Gasteiger partial charge in [-0.25, -0.2) is 0 Å². The van der Waals surface area contributed by atoms with Gasteiger partial charge in [0.1, 0.15) is 23.3 Å². The summed E-state index contributed by atoms with van der Waals surface area (Å²) in [5.74, 6) is 0.629. The zero-order valence-corrected chi connectivity index (χ0v) is 19.3. The number of methoxy groups -OCH3 is 1. The Kier molecular flexibility index (Phi) is 7.82. The van der Waals surface area contributed by atoms with Gasteiger partial charge in [-0.05, 0) is 29.8 Å². The minimum atomic E-state index is -0.558. The second-order valence-corrected chi connectivity index (χ2v) is 8.43. The second-order valence-electron chi connectivity index (χ2n) is 7.01. The van der Waals surface area contributed by atoms with Crippen LogP contribution in [0.4, 0.5) is 5.13 Å². The first-order chi connectivity index (χ1) is 15.4. The van der Waals surface area contributed by atoms with Crippen molar-refractivity contribution < 1.29 is 14.3 Å². The monoisotopic (exact) mass is 468 g/mol. The predicted octanol–water partition coefficient (Wildman–Crippen LogP) is 5.45. The van der Waals surface area contributed by atoms with Crippen LogP contribution in [0.3, 0.4) is 0 Å². The van der Waals surface area contributed by atoms with E-state index in [0.29, 0.717) is 27.2 Å². The number of benzene rings is 2. The van der Waals surface area contributed by atoms with E-state index in [1.165, 1.54) is 24.5 Å². The average molecular weight is 469 g/mol. The van der Waals surface area contributed by atoms with Gasteiger partial charge >= 0.3 is 0 Å². The Hall–Kier alpha value is -3.41. The zero-order valence-electron chi connectivity index (χ0n) is 17.8. The smallest absolute Gasteiger partial charge is 0.268 e. The summed E-state index contributed by atoms with van der Waals surface area (Å²) in [4.78, 5) is 12.5. The first-order valence-electron chi connectivity index (χ1n) is 9.72. The molecule has 0 saturated heterocycles. The van der Waals surface area contributed by atoms with Gasteiger partial charge in [0, 0.05) is 16.5 Å². The molecule has 0 aliphatic rings.